The van der Waals surface area contributed by atoms with Crippen LogP contribution in [0.3, 0.4) is 0 Å². The lowest BCUT2D eigenvalue weighted by Crippen LogP contribution is -2.13. The van der Waals surface area contributed by atoms with E-state index in [2.05, 4.69) is 12.2 Å². The largest absolute Gasteiger partial charge is 0.490 e. The number of amides is 1. The van der Waals surface area contributed by atoms with E-state index in [1.807, 2.05) is 61.5 Å². The summed E-state index contributed by atoms with van der Waals surface area (Å²) in [5, 5.41) is 13.0. The molecule has 0 saturated heterocycles. The van der Waals surface area contributed by atoms with Crippen LogP contribution < -0.4 is 14.8 Å². The van der Waals surface area contributed by atoms with E-state index in [1.54, 1.807) is 18.2 Å². The van der Waals surface area contributed by atoms with E-state index >= 15 is 0 Å². The van der Waals surface area contributed by atoms with E-state index in [-0.39, 0.29) is 5.57 Å². The number of hydrogen-bond donors (Lipinski definition) is 1. The van der Waals surface area contributed by atoms with Gasteiger partial charge in [-0.15, -0.1) is 0 Å². The molecule has 0 saturated carbocycles. The zero-order valence-electron chi connectivity index (χ0n) is 18.6. The first-order valence-corrected chi connectivity index (χ1v) is 11.1. The molecule has 0 aliphatic rings. The minimum Gasteiger partial charge on any atom is -0.490 e. The predicted molar refractivity (Wildman–Crippen MR) is 131 cm³/mol. The van der Waals surface area contributed by atoms with Gasteiger partial charge in [0.2, 0.25) is 0 Å². The van der Waals surface area contributed by atoms with Gasteiger partial charge in [-0.3, -0.25) is 4.79 Å². The van der Waals surface area contributed by atoms with Gasteiger partial charge in [-0.05, 0) is 72.5 Å². The number of rotatable bonds is 9. The molecule has 3 aromatic rings. The highest BCUT2D eigenvalue weighted by Gasteiger charge is 2.12. The van der Waals surface area contributed by atoms with Gasteiger partial charge in [-0.2, -0.15) is 5.26 Å². The first-order valence-electron chi connectivity index (χ1n) is 10.7. The Morgan fingerprint density at radius 2 is 1.67 bits per heavy atom. The number of carbonyl (C=O) groups excluding carboxylic acids is 1. The summed E-state index contributed by atoms with van der Waals surface area (Å²) >= 11 is 5.93. The van der Waals surface area contributed by atoms with Crippen LogP contribution in [-0.4, -0.2) is 12.5 Å². The molecule has 0 fully saturated rings. The van der Waals surface area contributed by atoms with Gasteiger partial charge < -0.3 is 14.8 Å². The molecule has 1 N–H and O–H groups in total. The standard InChI is InChI=1S/C27H25ClN2O3/c1-3-19-7-12-24(13-8-19)30-27(31)22(17-29)15-21-9-14-25(26(16-21)32-4-2)33-18-20-5-10-23(28)11-6-20/h5-16H,3-4,18H2,1-2H3,(H,30,31)/b22-15-. The summed E-state index contributed by atoms with van der Waals surface area (Å²) in [7, 11) is 0. The first-order chi connectivity index (χ1) is 16.0. The van der Waals surface area contributed by atoms with Crippen LogP contribution in [0.5, 0.6) is 11.5 Å². The second kappa shape index (κ2) is 11.8. The second-order valence-corrected chi connectivity index (χ2v) is 7.67. The highest BCUT2D eigenvalue weighted by molar-refractivity contribution is 6.30. The summed E-state index contributed by atoms with van der Waals surface area (Å²) in [6.45, 7) is 4.75. The summed E-state index contributed by atoms with van der Waals surface area (Å²) in [5.74, 6) is 0.638. The Balaban J connectivity index is 1.75. The van der Waals surface area contributed by atoms with Crippen molar-refractivity contribution in [2.45, 2.75) is 26.9 Å². The zero-order valence-corrected chi connectivity index (χ0v) is 19.4. The molecule has 0 aliphatic carbocycles. The number of nitrogens with one attached hydrogen (secondary N) is 1. The summed E-state index contributed by atoms with van der Waals surface area (Å²) < 4.78 is 11.6. The lowest BCUT2D eigenvalue weighted by Gasteiger charge is -2.13. The number of ether oxygens (including phenoxy) is 2. The highest BCUT2D eigenvalue weighted by Crippen LogP contribution is 2.30. The molecule has 3 aromatic carbocycles. The van der Waals surface area contributed by atoms with Gasteiger partial charge in [0.25, 0.3) is 5.91 Å². The first kappa shape index (κ1) is 23.9. The van der Waals surface area contributed by atoms with Crippen LogP contribution in [0, 0.1) is 11.3 Å². The third kappa shape index (κ3) is 6.86. The molecule has 0 aliphatic heterocycles. The third-order valence-corrected chi connectivity index (χ3v) is 5.12. The molecule has 0 unspecified atom stereocenters. The summed E-state index contributed by atoms with van der Waals surface area (Å²) in [6, 6.07) is 22.2. The summed E-state index contributed by atoms with van der Waals surface area (Å²) in [6.07, 6.45) is 2.44. The molecular formula is C27H25ClN2O3. The van der Waals surface area contributed by atoms with Gasteiger partial charge in [0.15, 0.2) is 11.5 Å². The molecule has 1 amide bonds. The fraction of sp³-hybridized carbons (Fsp3) is 0.185. The van der Waals surface area contributed by atoms with Gasteiger partial charge in [0.05, 0.1) is 6.61 Å². The quantitative estimate of drug-likeness (QED) is 0.295. The maximum atomic E-state index is 12.6. The van der Waals surface area contributed by atoms with Crippen LogP contribution >= 0.6 is 11.6 Å². The van der Waals surface area contributed by atoms with Crippen molar-refractivity contribution in [2.24, 2.45) is 0 Å². The maximum Gasteiger partial charge on any atom is 0.266 e. The number of benzene rings is 3. The lowest BCUT2D eigenvalue weighted by atomic mass is 10.1. The molecule has 168 valence electrons. The number of nitrogens with zero attached hydrogens (tertiary/aromatic N) is 1. The number of aryl methyl sites for hydroxylation is 1. The van der Waals surface area contributed by atoms with Crippen LogP contribution in [0.1, 0.15) is 30.5 Å². The highest BCUT2D eigenvalue weighted by atomic mass is 35.5. The van der Waals surface area contributed by atoms with E-state index < -0.39 is 5.91 Å². The van der Waals surface area contributed by atoms with E-state index in [9.17, 15) is 10.1 Å². The molecule has 33 heavy (non-hydrogen) atoms. The zero-order chi connectivity index (χ0) is 23.6. The van der Waals surface area contributed by atoms with Gasteiger partial charge in [-0.25, -0.2) is 0 Å². The van der Waals surface area contributed by atoms with Gasteiger partial charge in [0.1, 0.15) is 18.2 Å². The summed E-state index contributed by atoms with van der Waals surface area (Å²) in [4.78, 5) is 12.6. The molecule has 0 heterocycles. The van der Waals surface area contributed by atoms with E-state index in [4.69, 9.17) is 21.1 Å². The van der Waals surface area contributed by atoms with Crippen molar-refractivity contribution in [3.8, 4) is 17.6 Å². The van der Waals surface area contributed by atoms with Crippen LogP contribution in [0.2, 0.25) is 5.02 Å². The Bertz CT molecular complexity index is 1160. The van der Waals surface area contributed by atoms with Crippen LogP contribution in [0.15, 0.2) is 72.3 Å². The van der Waals surface area contributed by atoms with Crippen LogP contribution in [-0.2, 0) is 17.8 Å². The van der Waals surface area contributed by atoms with Gasteiger partial charge >= 0.3 is 0 Å². The third-order valence-electron chi connectivity index (χ3n) is 4.87. The molecule has 6 heteroatoms. The Morgan fingerprint density at radius 1 is 0.970 bits per heavy atom. The maximum absolute atomic E-state index is 12.6. The number of anilines is 1. The molecule has 0 radical (unpaired) electrons. The van der Waals surface area contributed by atoms with Crippen molar-refractivity contribution >= 4 is 29.3 Å². The number of carbonyl (C=O) groups is 1. The molecule has 0 bridgehead atoms. The van der Waals surface area contributed by atoms with E-state index in [1.165, 1.54) is 11.6 Å². The lowest BCUT2D eigenvalue weighted by molar-refractivity contribution is -0.112. The normalized spacial score (nSPS) is 10.9. The monoisotopic (exact) mass is 460 g/mol. The number of hydrogen-bond acceptors (Lipinski definition) is 4. The molecule has 3 rings (SSSR count). The van der Waals surface area contributed by atoms with Crippen molar-refractivity contribution in [3.05, 3.63) is 94.0 Å². The predicted octanol–water partition coefficient (Wildman–Crippen LogP) is 6.43. The van der Waals surface area contributed by atoms with Crippen LogP contribution in [0.25, 0.3) is 6.08 Å². The Morgan fingerprint density at radius 3 is 2.30 bits per heavy atom. The molecule has 0 atom stereocenters. The van der Waals surface area contributed by atoms with Crippen molar-refractivity contribution in [1.82, 2.24) is 0 Å². The van der Waals surface area contributed by atoms with E-state index in [0.717, 1.165) is 12.0 Å². The van der Waals surface area contributed by atoms with Gasteiger partial charge in [-0.1, -0.05) is 48.9 Å². The SMILES string of the molecule is CCOc1cc(/C=C(/C#N)C(=O)Nc2ccc(CC)cc2)ccc1OCc1ccc(Cl)cc1. The smallest absolute Gasteiger partial charge is 0.266 e. The van der Waals surface area contributed by atoms with E-state index in [0.29, 0.717) is 41.0 Å². The average Bonchev–Trinajstić information content (AvgIpc) is 2.83. The summed E-state index contributed by atoms with van der Waals surface area (Å²) in [5.41, 5.74) is 3.43. The topological polar surface area (TPSA) is 71.3 Å². The Labute approximate surface area is 199 Å². The van der Waals surface area contributed by atoms with Crippen molar-refractivity contribution in [2.75, 3.05) is 11.9 Å². The minimum atomic E-state index is -0.470. The molecule has 0 spiro atoms. The van der Waals surface area contributed by atoms with Crippen molar-refractivity contribution in [3.63, 3.8) is 0 Å². The average molecular weight is 461 g/mol. The van der Waals surface area contributed by atoms with Crippen molar-refractivity contribution < 1.29 is 14.3 Å². The fourth-order valence-corrected chi connectivity index (χ4v) is 3.21. The second-order valence-electron chi connectivity index (χ2n) is 7.23. The molecular weight excluding hydrogens is 436 g/mol. The van der Waals surface area contributed by atoms with Crippen LogP contribution in [0.4, 0.5) is 5.69 Å². The Hall–Kier alpha value is -3.75. The minimum absolute atomic E-state index is 0.00755. The number of halogens is 1. The van der Waals surface area contributed by atoms with Gasteiger partial charge in [0, 0.05) is 10.7 Å². The fourth-order valence-electron chi connectivity index (χ4n) is 3.08. The number of nitriles is 1. The Kier molecular flexibility index (Phi) is 8.51. The molecule has 5 nitrogen and oxygen atoms in total. The van der Waals surface area contributed by atoms with Crippen molar-refractivity contribution in [1.29, 1.82) is 5.26 Å². The molecule has 0 aromatic heterocycles.